The van der Waals surface area contributed by atoms with E-state index >= 15 is 0 Å². The molecule has 2 rings (SSSR count). The van der Waals surface area contributed by atoms with Crippen molar-refractivity contribution in [3.05, 3.63) is 59.2 Å². The van der Waals surface area contributed by atoms with E-state index in [1.807, 2.05) is 24.3 Å². The maximum absolute atomic E-state index is 10.1. The van der Waals surface area contributed by atoms with Crippen LogP contribution < -0.4 is 10.4 Å². The van der Waals surface area contributed by atoms with E-state index in [9.17, 15) is 10.2 Å². The Balaban J connectivity index is -0.000000500. The van der Waals surface area contributed by atoms with Gasteiger partial charge in [-0.2, -0.15) is 0 Å². The van der Waals surface area contributed by atoms with Crippen LogP contribution in [0.1, 0.15) is 11.1 Å². The first kappa shape index (κ1) is 37.2. The average molecular weight is 694 g/mol. The molecule has 0 atom stereocenters. The maximum Gasteiger partial charge on any atom is 2.00 e. The Morgan fingerprint density at radius 2 is 0.939 bits per heavy atom. The number of hydrogen-bond donors (Lipinski definition) is 2. The van der Waals surface area contributed by atoms with Gasteiger partial charge in [0.05, 0.1) is 16.1 Å². The molecule has 0 spiro atoms. The summed E-state index contributed by atoms with van der Waals surface area (Å²) in [6.45, 7) is 13.3. The molecule has 2 aromatic rings. The molecular formula is C24H38Br2N2O2Si2Zr. The van der Waals surface area contributed by atoms with Crippen LogP contribution in [0, 0.1) is 14.9 Å². The summed E-state index contributed by atoms with van der Waals surface area (Å²) in [6.07, 6.45) is 3.37. The number of rotatable bonds is 4. The van der Waals surface area contributed by atoms with E-state index < -0.39 is 16.1 Å². The number of nitrogens with zero attached hydrogens (tertiary/aromatic N) is 2. The predicted molar refractivity (Wildman–Crippen MR) is 157 cm³/mol. The van der Waals surface area contributed by atoms with Crippen LogP contribution >= 0.6 is 31.9 Å². The second kappa shape index (κ2) is 15.6. The summed E-state index contributed by atoms with van der Waals surface area (Å²) < 4.78 is 1.99. The van der Waals surface area contributed by atoms with E-state index in [-0.39, 0.29) is 41.1 Å². The Hall–Kier alpha value is -0.343. The number of halogens is 2. The molecule has 0 bridgehead atoms. The number of hydrogen-bond acceptors (Lipinski definition) is 4. The molecule has 0 saturated heterocycles. The van der Waals surface area contributed by atoms with E-state index in [0.29, 0.717) is 11.5 Å². The summed E-state index contributed by atoms with van der Waals surface area (Å²) in [6, 6.07) is 7.78. The monoisotopic (exact) mass is 690 g/mol. The fraction of sp³-hybridized carbons (Fsp3) is 0.333. The SMILES string of the molecule is CN=Cc1cc(Br)cc([Si](C)(C)C)c1O.CN=Cc1cc(Br)cc([Si](C)(C)C)c1O.[CH3-].[CH3-].[Zr+2]. The first-order chi connectivity index (χ1) is 13.7. The smallest absolute Gasteiger partial charge is 0.507 e. The Labute approximate surface area is 239 Å². The van der Waals surface area contributed by atoms with Crippen molar-refractivity contribution in [1.29, 1.82) is 0 Å². The van der Waals surface area contributed by atoms with Crippen molar-refractivity contribution in [2.45, 2.75) is 39.3 Å². The van der Waals surface area contributed by atoms with Gasteiger partial charge in [0.15, 0.2) is 0 Å². The van der Waals surface area contributed by atoms with Crippen LogP contribution in [0.4, 0.5) is 0 Å². The Kier molecular flexibility index (Phi) is 17.6. The molecule has 2 N–H and O–H groups in total. The van der Waals surface area contributed by atoms with Crippen LogP contribution in [0.25, 0.3) is 0 Å². The van der Waals surface area contributed by atoms with Gasteiger partial charge in [0.1, 0.15) is 11.5 Å². The zero-order chi connectivity index (χ0) is 23.3. The van der Waals surface area contributed by atoms with Crippen molar-refractivity contribution < 1.29 is 36.4 Å². The number of aliphatic imine (C=N–C) groups is 2. The molecule has 0 saturated carbocycles. The summed E-state index contributed by atoms with van der Waals surface area (Å²) >= 11 is 6.92. The molecule has 2 aromatic carbocycles. The van der Waals surface area contributed by atoms with Crippen LogP contribution in [-0.2, 0) is 26.2 Å². The first-order valence-corrected chi connectivity index (χ1v) is 18.2. The summed E-state index contributed by atoms with van der Waals surface area (Å²) in [7, 11) is 0.383. The number of phenols is 2. The van der Waals surface area contributed by atoms with Gasteiger partial charge in [0.2, 0.25) is 0 Å². The number of aromatic hydroxyl groups is 2. The summed E-state index contributed by atoms with van der Waals surface area (Å²) in [5.74, 6) is 0.755. The zero-order valence-electron chi connectivity index (χ0n) is 21.5. The summed E-state index contributed by atoms with van der Waals surface area (Å²) in [5.41, 5.74) is 1.56. The van der Waals surface area contributed by atoms with Gasteiger partial charge in [0, 0.05) is 46.6 Å². The fourth-order valence-electron chi connectivity index (χ4n) is 2.86. The minimum Gasteiger partial charge on any atom is -0.507 e. The Morgan fingerprint density at radius 1 is 0.667 bits per heavy atom. The maximum atomic E-state index is 10.1. The third-order valence-corrected chi connectivity index (χ3v) is 9.27. The molecule has 182 valence electrons. The van der Waals surface area contributed by atoms with Crippen molar-refractivity contribution in [2.24, 2.45) is 9.98 Å². The van der Waals surface area contributed by atoms with Crippen LogP contribution in [0.15, 0.2) is 43.2 Å². The molecule has 0 aliphatic rings. The molecule has 0 radical (unpaired) electrons. The third-order valence-electron chi connectivity index (χ3n) is 4.36. The molecule has 0 unspecified atom stereocenters. The molecule has 9 heteroatoms. The minimum absolute atomic E-state index is 0. The summed E-state index contributed by atoms with van der Waals surface area (Å²) in [5, 5.41) is 22.3. The summed E-state index contributed by atoms with van der Waals surface area (Å²) in [4.78, 5) is 7.88. The van der Waals surface area contributed by atoms with Crippen LogP contribution in [0.3, 0.4) is 0 Å². The van der Waals surface area contributed by atoms with Crippen LogP contribution in [0.5, 0.6) is 11.5 Å². The first-order valence-electron chi connectivity index (χ1n) is 9.62. The van der Waals surface area contributed by atoms with Gasteiger partial charge in [0.25, 0.3) is 0 Å². The topological polar surface area (TPSA) is 65.2 Å². The standard InChI is InChI=1S/2C11H16BrNOSi.2CH3.Zr/c2*1-13-7-8-5-9(12)6-10(11(8)14)15(2,3)4;;;/h2*5-7,14H,1-4H3;2*1H3;/q;;2*-1;+2. The predicted octanol–water partition coefficient (Wildman–Crippen LogP) is 6.40. The fourth-order valence-corrected chi connectivity index (χ4v) is 7.12. The number of phenolic OH excluding ortho intramolecular Hbond substituents is 2. The largest absolute Gasteiger partial charge is 2.00 e. The van der Waals surface area contributed by atoms with Gasteiger partial charge in [-0.15, -0.1) is 0 Å². The Bertz CT molecular complexity index is 877. The van der Waals surface area contributed by atoms with Crippen molar-refractivity contribution in [3.8, 4) is 11.5 Å². The third kappa shape index (κ3) is 11.3. The number of benzene rings is 2. The van der Waals surface area contributed by atoms with Crippen LogP contribution in [0.2, 0.25) is 39.3 Å². The van der Waals surface area contributed by atoms with Gasteiger partial charge in [-0.3, -0.25) is 9.98 Å². The molecule has 0 aliphatic carbocycles. The van der Waals surface area contributed by atoms with E-state index in [4.69, 9.17) is 0 Å². The van der Waals surface area contributed by atoms with Crippen molar-refractivity contribution in [3.63, 3.8) is 0 Å². The van der Waals surface area contributed by atoms with Gasteiger partial charge in [-0.1, -0.05) is 71.1 Å². The van der Waals surface area contributed by atoms with Crippen molar-refractivity contribution >= 4 is 70.8 Å². The second-order valence-electron chi connectivity index (χ2n) is 9.06. The molecule has 0 aromatic heterocycles. The van der Waals surface area contributed by atoms with Gasteiger partial charge < -0.3 is 25.1 Å². The van der Waals surface area contributed by atoms with E-state index in [1.165, 1.54) is 0 Å². The van der Waals surface area contributed by atoms with E-state index in [1.54, 1.807) is 26.5 Å². The van der Waals surface area contributed by atoms with E-state index in [2.05, 4.69) is 81.1 Å². The molecule has 0 aliphatic heterocycles. The molecular weight excluding hydrogens is 655 g/mol. The van der Waals surface area contributed by atoms with Gasteiger partial charge in [-0.05, 0) is 34.6 Å². The zero-order valence-corrected chi connectivity index (χ0v) is 29.1. The van der Waals surface area contributed by atoms with Crippen molar-refractivity contribution in [2.75, 3.05) is 14.1 Å². The normalized spacial score (nSPS) is 11.2. The molecule has 0 fully saturated rings. The molecule has 4 nitrogen and oxygen atoms in total. The van der Waals surface area contributed by atoms with Crippen LogP contribution in [-0.4, -0.2) is 52.9 Å². The molecule has 0 amide bonds. The minimum atomic E-state index is -1.51. The quantitative estimate of drug-likeness (QED) is 0.222. The van der Waals surface area contributed by atoms with Crippen molar-refractivity contribution in [1.82, 2.24) is 0 Å². The van der Waals surface area contributed by atoms with Gasteiger partial charge in [-0.25, -0.2) is 0 Å². The molecule has 0 heterocycles. The molecule has 33 heavy (non-hydrogen) atoms. The van der Waals surface area contributed by atoms with Gasteiger partial charge >= 0.3 is 26.2 Å². The second-order valence-corrected chi connectivity index (χ2v) is 21.0. The van der Waals surface area contributed by atoms with E-state index in [0.717, 1.165) is 30.4 Å². The Morgan fingerprint density at radius 3 is 1.15 bits per heavy atom. The average Bonchev–Trinajstić information content (AvgIpc) is 2.60.